The third-order valence-corrected chi connectivity index (χ3v) is 13.1. The highest BCUT2D eigenvalue weighted by molar-refractivity contribution is 7.45. The van der Waals surface area contributed by atoms with Gasteiger partial charge in [0.05, 0.1) is 39.9 Å². The number of quaternary nitrogens is 1. The van der Waals surface area contributed by atoms with Crippen LogP contribution in [-0.4, -0.2) is 68.5 Å². The van der Waals surface area contributed by atoms with E-state index in [2.05, 4.69) is 43.5 Å². The number of hydrogen-bond acceptors (Lipinski definition) is 6. The second-order valence-corrected chi connectivity index (χ2v) is 21.0. The summed E-state index contributed by atoms with van der Waals surface area (Å²) in [6.45, 7) is 4.66. The fourth-order valence-corrected chi connectivity index (χ4v) is 8.55. The summed E-state index contributed by atoms with van der Waals surface area (Å²) in [6.07, 6.45) is 57.7. The first-order valence-electron chi connectivity index (χ1n) is 26.9. The molecule has 0 fully saturated rings. The fourth-order valence-electron chi connectivity index (χ4n) is 7.83. The first-order chi connectivity index (χ1) is 30.5. The molecule has 0 saturated carbocycles. The summed E-state index contributed by atoms with van der Waals surface area (Å²) in [4.78, 5) is 25.4. The Hall–Kier alpha value is -1.28. The number of phosphoric ester groups is 1. The van der Waals surface area contributed by atoms with E-state index in [0.29, 0.717) is 17.4 Å². The van der Waals surface area contributed by atoms with Crippen molar-refractivity contribution in [2.75, 3.05) is 40.9 Å². The Kier molecular flexibility index (Phi) is 44.9. The van der Waals surface area contributed by atoms with E-state index < -0.39 is 20.0 Å². The molecule has 1 amide bonds. The summed E-state index contributed by atoms with van der Waals surface area (Å²) in [5.41, 5.74) is 0. The third-order valence-electron chi connectivity index (χ3n) is 12.1. The Balaban J connectivity index is 4.22. The van der Waals surface area contributed by atoms with Crippen molar-refractivity contribution in [1.29, 1.82) is 0 Å². The zero-order valence-corrected chi connectivity index (χ0v) is 43.2. The van der Waals surface area contributed by atoms with Crippen LogP contribution in [-0.2, 0) is 18.4 Å². The molecule has 0 rings (SSSR count). The molecule has 0 radical (unpaired) electrons. The number of amides is 1. The minimum absolute atomic E-state index is 0.000470. The van der Waals surface area contributed by atoms with Crippen LogP contribution in [0.3, 0.4) is 0 Å². The molecular formula is C54H105N2O6P. The van der Waals surface area contributed by atoms with E-state index in [1.807, 2.05) is 27.2 Å². The predicted octanol–water partition coefficient (Wildman–Crippen LogP) is 15.2. The van der Waals surface area contributed by atoms with E-state index >= 15 is 0 Å². The second-order valence-electron chi connectivity index (χ2n) is 19.6. The van der Waals surface area contributed by atoms with Gasteiger partial charge in [0, 0.05) is 6.42 Å². The summed E-state index contributed by atoms with van der Waals surface area (Å²) in [5, 5.41) is 13.9. The topological polar surface area (TPSA) is 108 Å². The Bertz CT molecular complexity index is 1120. The number of phosphoric acid groups is 1. The van der Waals surface area contributed by atoms with Crippen LogP contribution in [0.25, 0.3) is 0 Å². The van der Waals surface area contributed by atoms with E-state index in [1.54, 1.807) is 6.08 Å². The number of carbonyl (C=O) groups is 1. The van der Waals surface area contributed by atoms with Crippen molar-refractivity contribution in [2.45, 2.75) is 264 Å². The largest absolute Gasteiger partial charge is 0.756 e. The van der Waals surface area contributed by atoms with Crippen molar-refractivity contribution in [3.05, 3.63) is 36.5 Å². The van der Waals surface area contributed by atoms with Crippen molar-refractivity contribution in [3.8, 4) is 0 Å². The van der Waals surface area contributed by atoms with Gasteiger partial charge in [0.1, 0.15) is 13.2 Å². The average molecular weight is 909 g/mol. The van der Waals surface area contributed by atoms with Crippen molar-refractivity contribution < 1.29 is 32.9 Å². The first-order valence-corrected chi connectivity index (χ1v) is 28.3. The number of nitrogens with one attached hydrogen (secondary N) is 1. The molecule has 0 saturated heterocycles. The highest BCUT2D eigenvalue weighted by Crippen LogP contribution is 2.38. The number of nitrogens with zero attached hydrogens (tertiary/aromatic N) is 1. The molecule has 63 heavy (non-hydrogen) atoms. The molecular weight excluding hydrogens is 804 g/mol. The second kappa shape index (κ2) is 45.9. The van der Waals surface area contributed by atoms with Crippen LogP contribution in [0.15, 0.2) is 36.5 Å². The van der Waals surface area contributed by atoms with Gasteiger partial charge in [0.2, 0.25) is 5.91 Å². The summed E-state index contributed by atoms with van der Waals surface area (Å²) >= 11 is 0. The summed E-state index contributed by atoms with van der Waals surface area (Å²) in [7, 11) is 1.27. The Morgan fingerprint density at radius 1 is 0.556 bits per heavy atom. The number of aliphatic hydroxyl groups excluding tert-OH is 1. The third kappa shape index (κ3) is 48.5. The number of aliphatic hydroxyl groups is 1. The van der Waals surface area contributed by atoms with Crippen molar-refractivity contribution in [2.24, 2.45) is 0 Å². The van der Waals surface area contributed by atoms with Gasteiger partial charge in [-0.2, -0.15) is 0 Å². The summed E-state index contributed by atoms with van der Waals surface area (Å²) in [6, 6.07) is -0.886. The van der Waals surface area contributed by atoms with Crippen LogP contribution < -0.4 is 10.2 Å². The molecule has 0 spiro atoms. The molecule has 0 aliphatic heterocycles. The van der Waals surface area contributed by atoms with Gasteiger partial charge < -0.3 is 28.8 Å². The molecule has 372 valence electrons. The minimum Gasteiger partial charge on any atom is -0.756 e. The first kappa shape index (κ1) is 61.7. The molecule has 0 aliphatic carbocycles. The van der Waals surface area contributed by atoms with Crippen molar-refractivity contribution in [1.82, 2.24) is 5.32 Å². The van der Waals surface area contributed by atoms with Crippen LogP contribution in [0, 0.1) is 0 Å². The van der Waals surface area contributed by atoms with E-state index in [9.17, 15) is 19.4 Å². The smallest absolute Gasteiger partial charge is 0.268 e. The van der Waals surface area contributed by atoms with E-state index in [4.69, 9.17) is 9.05 Å². The van der Waals surface area contributed by atoms with Gasteiger partial charge in [-0.15, -0.1) is 0 Å². The zero-order valence-electron chi connectivity index (χ0n) is 42.3. The van der Waals surface area contributed by atoms with Gasteiger partial charge in [0.25, 0.3) is 7.82 Å². The van der Waals surface area contributed by atoms with Crippen LogP contribution >= 0.6 is 7.82 Å². The molecule has 0 aliphatic rings. The van der Waals surface area contributed by atoms with Gasteiger partial charge in [0.15, 0.2) is 0 Å². The lowest BCUT2D eigenvalue weighted by molar-refractivity contribution is -0.870. The van der Waals surface area contributed by atoms with Gasteiger partial charge in [-0.05, 0) is 51.4 Å². The SMILES string of the molecule is CCCCCCC/C=C\C/C=C\CCCCCCCCCCCCCCCC(=O)NC(COP(=O)([O-])OCC[N+](C)(C)C)C(O)/C=C/CCCCCCCCCCCCCCCC. The lowest BCUT2D eigenvalue weighted by Crippen LogP contribution is -2.45. The van der Waals surface area contributed by atoms with E-state index in [0.717, 1.165) is 44.9 Å². The quantitative estimate of drug-likeness (QED) is 0.0272. The maximum atomic E-state index is 12.9. The number of carbonyl (C=O) groups excluding carboxylic acids is 1. The maximum absolute atomic E-state index is 12.9. The molecule has 0 aromatic carbocycles. The summed E-state index contributed by atoms with van der Waals surface area (Å²) < 4.78 is 23.3. The van der Waals surface area contributed by atoms with E-state index in [-0.39, 0.29) is 19.1 Å². The van der Waals surface area contributed by atoms with Gasteiger partial charge in [-0.1, -0.05) is 230 Å². The van der Waals surface area contributed by atoms with Crippen LogP contribution in [0.1, 0.15) is 251 Å². The number of allylic oxidation sites excluding steroid dienone is 5. The minimum atomic E-state index is -4.59. The van der Waals surface area contributed by atoms with Gasteiger partial charge >= 0.3 is 0 Å². The lowest BCUT2D eigenvalue weighted by Gasteiger charge is -2.29. The molecule has 2 N–H and O–H groups in total. The molecule has 9 heteroatoms. The number of rotatable bonds is 49. The monoisotopic (exact) mass is 909 g/mol. The van der Waals surface area contributed by atoms with Gasteiger partial charge in [-0.25, -0.2) is 0 Å². The van der Waals surface area contributed by atoms with Crippen LogP contribution in [0.5, 0.6) is 0 Å². The number of hydrogen-bond donors (Lipinski definition) is 2. The lowest BCUT2D eigenvalue weighted by atomic mass is 10.0. The zero-order chi connectivity index (χ0) is 46.4. The Morgan fingerprint density at radius 3 is 1.32 bits per heavy atom. The molecule has 0 heterocycles. The molecule has 0 aromatic heterocycles. The number of likely N-dealkylation sites (N-methyl/N-ethyl adjacent to an activating group) is 1. The highest BCUT2D eigenvalue weighted by atomic mass is 31.2. The molecule has 3 atom stereocenters. The normalized spacial score (nSPS) is 14.3. The molecule has 3 unspecified atom stereocenters. The Morgan fingerprint density at radius 2 is 0.921 bits per heavy atom. The standard InChI is InChI=1S/C54H105N2O6P/c1-6-8-10-12-14-16-18-20-22-24-25-26-27-28-29-30-31-32-34-36-38-40-42-44-46-48-54(58)55-52(51-62-63(59,60)61-50-49-56(3,4)5)53(57)47-45-43-41-39-37-35-33-23-21-19-17-15-13-11-9-7-2/h18,20,24-25,45,47,52-53,57H,6-17,19,21-23,26-44,46,48-51H2,1-5H3,(H-,55,58,59,60)/b20-18-,25-24-,47-45+. The molecule has 0 bridgehead atoms. The highest BCUT2D eigenvalue weighted by Gasteiger charge is 2.23. The predicted molar refractivity (Wildman–Crippen MR) is 270 cm³/mol. The van der Waals surface area contributed by atoms with Crippen molar-refractivity contribution >= 4 is 13.7 Å². The number of unbranched alkanes of at least 4 members (excludes halogenated alkanes) is 32. The Labute approximate surface area is 391 Å². The van der Waals surface area contributed by atoms with Crippen LogP contribution in [0.4, 0.5) is 0 Å². The van der Waals surface area contributed by atoms with Crippen molar-refractivity contribution in [3.63, 3.8) is 0 Å². The maximum Gasteiger partial charge on any atom is 0.268 e. The average Bonchev–Trinajstić information content (AvgIpc) is 3.24. The fraction of sp³-hybridized carbons (Fsp3) is 0.870. The molecule has 0 aromatic rings. The van der Waals surface area contributed by atoms with Gasteiger partial charge in [-0.3, -0.25) is 9.36 Å². The van der Waals surface area contributed by atoms with E-state index in [1.165, 1.54) is 186 Å². The molecule has 8 nitrogen and oxygen atoms in total. The summed E-state index contributed by atoms with van der Waals surface area (Å²) in [5.74, 6) is -0.197. The van der Waals surface area contributed by atoms with Crippen LogP contribution in [0.2, 0.25) is 0 Å².